The van der Waals surface area contributed by atoms with E-state index in [2.05, 4.69) is 71.7 Å². The number of nitrogens with one attached hydrogen (secondary N) is 1. The Morgan fingerprint density at radius 1 is 0.972 bits per heavy atom. The van der Waals surface area contributed by atoms with Crippen molar-refractivity contribution in [3.63, 3.8) is 0 Å². The van der Waals surface area contributed by atoms with Crippen molar-refractivity contribution in [3.8, 4) is 5.69 Å². The molecule has 1 saturated heterocycles. The molecule has 0 bridgehead atoms. The van der Waals surface area contributed by atoms with Crippen LogP contribution in [0.5, 0.6) is 0 Å². The van der Waals surface area contributed by atoms with E-state index in [1.807, 2.05) is 30.5 Å². The Balaban J connectivity index is 1.72. The maximum atomic E-state index is 14.2. The number of pyridine rings is 1. The molecule has 0 unspecified atom stereocenters. The number of thiocarbonyl (C=S) groups is 1. The Bertz CT molecular complexity index is 1440. The summed E-state index contributed by atoms with van der Waals surface area (Å²) in [4.78, 5) is 6.79. The standard InChI is InChI=1S/C30H31FN4S/c1-6-22-11-9-10-18(2)28(22)34-20(4)17-24(21(34)5)29-27(26-12-7-8-15-32-26)33-30(36)35(29)23-13-14-25(31)19(3)16-23/h7-17,27,29H,6H2,1-5H3,(H,33,36)/t27-,29-/m0/s1. The maximum Gasteiger partial charge on any atom is 0.174 e. The third kappa shape index (κ3) is 3.99. The van der Waals surface area contributed by atoms with Crippen LogP contribution in [0.2, 0.25) is 0 Å². The van der Waals surface area contributed by atoms with Crippen molar-refractivity contribution in [2.45, 2.75) is 53.1 Å². The third-order valence-corrected chi connectivity index (χ3v) is 7.55. The lowest BCUT2D eigenvalue weighted by atomic mass is 9.96. The molecule has 2 atom stereocenters. The normalized spacial score (nSPS) is 17.5. The van der Waals surface area contributed by atoms with Gasteiger partial charge in [0.1, 0.15) is 5.82 Å². The van der Waals surface area contributed by atoms with E-state index in [-0.39, 0.29) is 17.9 Å². The molecule has 0 amide bonds. The van der Waals surface area contributed by atoms with Gasteiger partial charge in [-0.25, -0.2) is 4.39 Å². The van der Waals surface area contributed by atoms with Gasteiger partial charge in [0.05, 0.1) is 23.5 Å². The first-order chi connectivity index (χ1) is 17.3. The molecule has 1 N–H and O–H groups in total. The van der Waals surface area contributed by atoms with E-state index in [1.54, 1.807) is 13.0 Å². The minimum atomic E-state index is -0.223. The maximum absolute atomic E-state index is 14.2. The van der Waals surface area contributed by atoms with E-state index in [0.29, 0.717) is 10.7 Å². The SMILES string of the molecule is CCc1cccc(C)c1-n1c(C)cc([C@H]2[C@H](c3ccccn3)NC(=S)N2c2ccc(F)c(C)c2)c1C. The van der Waals surface area contributed by atoms with Gasteiger partial charge in [0, 0.05) is 23.3 Å². The molecule has 4 aromatic rings. The van der Waals surface area contributed by atoms with Crippen molar-refractivity contribution >= 4 is 23.0 Å². The first-order valence-electron chi connectivity index (χ1n) is 12.4. The highest BCUT2D eigenvalue weighted by molar-refractivity contribution is 7.80. The molecule has 0 saturated carbocycles. The molecule has 2 aromatic heterocycles. The van der Waals surface area contributed by atoms with Crippen LogP contribution in [-0.2, 0) is 6.42 Å². The molecular formula is C30H31FN4S. The number of anilines is 1. The zero-order chi connectivity index (χ0) is 25.6. The molecule has 3 heterocycles. The summed E-state index contributed by atoms with van der Waals surface area (Å²) in [6.45, 7) is 10.5. The van der Waals surface area contributed by atoms with Gasteiger partial charge in [-0.05, 0) is 105 Å². The first kappa shape index (κ1) is 24.2. The van der Waals surface area contributed by atoms with Crippen LogP contribution in [0.3, 0.4) is 0 Å². The van der Waals surface area contributed by atoms with Crippen molar-refractivity contribution in [2.75, 3.05) is 4.90 Å². The Morgan fingerprint density at radius 3 is 2.47 bits per heavy atom. The molecule has 4 nitrogen and oxygen atoms in total. The van der Waals surface area contributed by atoms with Crippen LogP contribution >= 0.6 is 12.2 Å². The van der Waals surface area contributed by atoms with E-state index in [9.17, 15) is 4.39 Å². The Morgan fingerprint density at radius 2 is 1.78 bits per heavy atom. The number of halogens is 1. The van der Waals surface area contributed by atoms with Crippen molar-refractivity contribution in [1.29, 1.82) is 0 Å². The van der Waals surface area contributed by atoms with Crippen molar-refractivity contribution in [3.05, 3.63) is 112 Å². The lowest BCUT2D eigenvalue weighted by molar-refractivity contribution is 0.564. The van der Waals surface area contributed by atoms with Crippen LogP contribution in [0, 0.1) is 33.5 Å². The molecule has 5 rings (SSSR count). The van der Waals surface area contributed by atoms with Crippen LogP contribution < -0.4 is 10.2 Å². The number of hydrogen-bond acceptors (Lipinski definition) is 2. The molecule has 1 fully saturated rings. The van der Waals surface area contributed by atoms with E-state index >= 15 is 0 Å². The minimum absolute atomic E-state index is 0.147. The molecule has 184 valence electrons. The summed E-state index contributed by atoms with van der Waals surface area (Å²) in [5.41, 5.74) is 9.68. The van der Waals surface area contributed by atoms with Crippen LogP contribution in [-0.4, -0.2) is 14.7 Å². The lowest BCUT2D eigenvalue weighted by Gasteiger charge is -2.28. The summed E-state index contributed by atoms with van der Waals surface area (Å²) < 4.78 is 16.6. The van der Waals surface area contributed by atoms with Gasteiger partial charge in [-0.3, -0.25) is 4.98 Å². The minimum Gasteiger partial charge on any atom is -0.351 e. The van der Waals surface area contributed by atoms with Gasteiger partial charge in [0.15, 0.2) is 5.11 Å². The number of nitrogens with zero attached hydrogens (tertiary/aromatic N) is 3. The monoisotopic (exact) mass is 498 g/mol. The third-order valence-electron chi connectivity index (χ3n) is 7.23. The second kappa shape index (κ2) is 9.51. The largest absolute Gasteiger partial charge is 0.351 e. The number of rotatable bonds is 5. The number of hydrogen-bond donors (Lipinski definition) is 1. The van der Waals surface area contributed by atoms with E-state index in [0.717, 1.165) is 23.5 Å². The molecule has 0 spiro atoms. The highest BCUT2D eigenvalue weighted by Crippen LogP contribution is 2.44. The van der Waals surface area contributed by atoms with Gasteiger partial charge in [-0.2, -0.15) is 0 Å². The van der Waals surface area contributed by atoms with E-state index in [1.165, 1.54) is 34.1 Å². The summed E-state index contributed by atoms with van der Waals surface area (Å²) in [5, 5.41) is 4.13. The smallest absolute Gasteiger partial charge is 0.174 e. The fourth-order valence-corrected chi connectivity index (χ4v) is 5.83. The molecular weight excluding hydrogens is 467 g/mol. The Hall–Kier alpha value is -3.51. The number of aryl methyl sites for hydroxylation is 4. The molecule has 6 heteroatoms. The molecule has 36 heavy (non-hydrogen) atoms. The number of para-hydroxylation sites is 1. The summed E-state index contributed by atoms with van der Waals surface area (Å²) in [5.74, 6) is -0.223. The van der Waals surface area contributed by atoms with Gasteiger partial charge in [0.2, 0.25) is 0 Å². The summed E-state index contributed by atoms with van der Waals surface area (Å²) in [6.07, 6.45) is 2.77. The van der Waals surface area contributed by atoms with Crippen LogP contribution in [0.4, 0.5) is 10.1 Å². The highest BCUT2D eigenvalue weighted by atomic mass is 32.1. The quantitative estimate of drug-likeness (QED) is 0.301. The average Bonchev–Trinajstić information content (AvgIpc) is 3.36. The lowest BCUT2D eigenvalue weighted by Crippen LogP contribution is -2.29. The van der Waals surface area contributed by atoms with Gasteiger partial charge < -0.3 is 14.8 Å². The van der Waals surface area contributed by atoms with Crippen molar-refractivity contribution in [1.82, 2.24) is 14.9 Å². The van der Waals surface area contributed by atoms with Crippen molar-refractivity contribution in [2.24, 2.45) is 0 Å². The molecule has 0 radical (unpaired) electrons. The molecule has 0 aliphatic carbocycles. The molecule has 1 aliphatic rings. The molecule has 2 aromatic carbocycles. The van der Waals surface area contributed by atoms with Crippen LogP contribution in [0.15, 0.2) is 66.9 Å². The average molecular weight is 499 g/mol. The van der Waals surface area contributed by atoms with Gasteiger partial charge in [-0.1, -0.05) is 31.2 Å². The van der Waals surface area contributed by atoms with Gasteiger partial charge >= 0.3 is 0 Å². The van der Waals surface area contributed by atoms with E-state index < -0.39 is 0 Å². The van der Waals surface area contributed by atoms with E-state index in [4.69, 9.17) is 12.2 Å². The second-order valence-electron chi connectivity index (χ2n) is 9.53. The second-order valence-corrected chi connectivity index (χ2v) is 9.91. The predicted molar refractivity (Wildman–Crippen MR) is 148 cm³/mol. The number of benzene rings is 2. The fraction of sp³-hybridized carbons (Fsp3) is 0.267. The first-order valence-corrected chi connectivity index (χ1v) is 12.8. The van der Waals surface area contributed by atoms with Gasteiger partial charge in [0.25, 0.3) is 0 Å². The zero-order valence-electron chi connectivity index (χ0n) is 21.3. The zero-order valence-corrected chi connectivity index (χ0v) is 22.2. The van der Waals surface area contributed by atoms with Crippen LogP contribution in [0.25, 0.3) is 5.69 Å². The van der Waals surface area contributed by atoms with Crippen LogP contribution in [0.1, 0.15) is 58.3 Å². The molecule has 1 aliphatic heterocycles. The number of aromatic nitrogens is 2. The summed E-state index contributed by atoms with van der Waals surface area (Å²) in [7, 11) is 0. The summed E-state index contributed by atoms with van der Waals surface area (Å²) >= 11 is 5.88. The van der Waals surface area contributed by atoms with Gasteiger partial charge in [-0.15, -0.1) is 0 Å². The Kier molecular flexibility index (Phi) is 6.39. The predicted octanol–water partition coefficient (Wildman–Crippen LogP) is 6.98. The Labute approximate surface area is 217 Å². The fourth-order valence-electron chi connectivity index (χ4n) is 5.48. The van der Waals surface area contributed by atoms with Crippen molar-refractivity contribution < 1.29 is 4.39 Å². The summed E-state index contributed by atoms with van der Waals surface area (Å²) in [6, 6.07) is 19.6. The highest BCUT2D eigenvalue weighted by Gasteiger charge is 2.42. The topological polar surface area (TPSA) is 33.1 Å².